The molecule has 3 heterocycles. The SMILES string of the molecule is CC[C@H]1OC(=O)[C@H](C)[C@@H](O[C@@H]2C[C@](C)(OC)[C@H](O)[C@@H](C)O2)[C@H](C)[C@@H](O[C@@H]2O[C@H](C)C[C@@H](N(C)C)[C@H]2O)[C@](C)(O)C[C@@H](C)CN(C(=O)NCc2ccccc2)[C@H](C)[C@@H](O)[C@]1(C)O. The zero-order valence-corrected chi connectivity index (χ0v) is 38.7. The number of cyclic esters (lactones) is 1. The number of hydrogen-bond acceptors (Lipinski definition) is 14. The van der Waals surface area contributed by atoms with E-state index in [-0.39, 0.29) is 44.5 Å². The summed E-state index contributed by atoms with van der Waals surface area (Å²) in [5, 5.41) is 62.4. The number of nitrogens with zero attached hydrogens (tertiary/aromatic N) is 2. The van der Waals surface area contributed by atoms with Crippen molar-refractivity contribution in [1.82, 2.24) is 15.1 Å². The number of ether oxygens (including phenoxy) is 6. The number of carbonyl (C=O) groups excluding carboxylic acids is 2. The minimum Gasteiger partial charge on any atom is -0.459 e. The van der Waals surface area contributed by atoms with Crippen molar-refractivity contribution in [2.45, 2.75) is 192 Å². The predicted molar refractivity (Wildman–Crippen MR) is 227 cm³/mol. The highest BCUT2D eigenvalue weighted by atomic mass is 16.7. The van der Waals surface area contributed by atoms with Crippen LogP contribution < -0.4 is 5.32 Å². The molecule has 2 amide bonds. The molecule has 1 aromatic rings. The van der Waals surface area contributed by atoms with Crippen molar-refractivity contribution in [3.63, 3.8) is 0 Å². The van der Waals surface area contributed by atoms with Gasteiger partial charge in [-0.2, -0.15) is 0 Å². The molecule has 4 rings (SSSR count). The molecule has 3 saturated heterocycles. The summed E-state index contributed by atoms with van der Waals surface area (Å²) in [6.07, 6.45) is -9.65. The van der Waals surface area contributed by atoms with Gasteiger partial charge < -0.3 is 69.1 Å². The van der Waals surface area contributed by atoms with Crippen molar-refractivity contribution in [2.24, 2.45) is 17.8 Å². The molecule has 61 heavy (non-hydrogen) atoms. The lowest BCUT2D eigenvalue weighted by Gasteiger charge is -2.48. The number of benzene rings is 1. The van der Waals surface area contributed by atoms with Crippen molar-refractivity contribution < 1.29 is 63.5 Å². The number of carbonyl (C=O) groups is 2. The van der Waals surface area contributed by atoms with Gasteiger partial charge in [-0.1, -0.05) is 51.1 Å². The Morgan fingerprint density at radius 1 is 0.951 bits per heavy atom. The lowest BCUT2D eigenvalue weighted by Crippen LogP contribution is -2.61. The van der Waals surface area contributed by atoms with Crippen LogP contribution in [0.15, 0.2) is 30.3 Å². The molecule has 6 N–H and O–H groups in total. The van der Waals surface area contributed by atoms with Crippen LogP contribution in [0.5, 0.6) is 0 Å². The zero-order chi connectivity index (χ0) is 45.8. The Morgan fingerprint density at radius 3 is 2.18 bits per heavy atom. The molecule has 3 aliphatic heterocycles. The summed E-state index contributed by atoms with van der Waals surface area (Å²) in [6, 6.07) is 7.53. The topological polar surface area (TPSA) is 209 Å². The molecule has 3 aliphatic rings. The smallest absolute Gasteiger partial charge is 0.318 e. The number of aliphatic hydroxyl groups is 5. The summed E-state index contributed by atoms with van der Waals surface area (Å²) in [5.41, 5.74) is -3.97. The number of nitrogens with one attached hydrogen (secondary N) is 1. The van der Waals surface area contributed by atoms with Crippen LogP contribution >= 0.6 is 0 Å². The molecule has 0 saturated carbocycles. The second kappa shape index (κ2) is 21.0. The van der Waals surface area contributed by atoms with Crippen LogP contribution in [0.4, 0.5) is 4.79 Å². The van der Waals surface area contributed by atoms with Gasteiger partial charge in [-0.25, -0.2) is 4.79 Å². The minimum absolute atomic E-state index is 0.0348. The van der Waals surface area contributed by atoms with E-state index in [4.69, 9.17) is 28.4 Å². The Balaban J connectivity index is 1.84. The van der Waals surface area contributed by atoms with Gasteiger partial charge >= 0.3 is 12.0 Å². The molecule has 18 atom stereocenters. The van der Waals surface area contributed by atoms with Crippen LogP contribution in [0.25, 0.3) is 0 Å². The molecule has 0 radical (unpaired) electrons. The van der Waals surface area contributed by atoms with Gasteiger partial charge in [-0.05, 0) is 93.3 Å². The Labute approximate surface area is 363 Å². The summed E-state index contributed by atoms with van der Waals surface area (Å²) in [4.78, 5) is 31.9. The largest absolute Gasteiger partial charge is 0.459 e. The highest BCUT2D eigenvalue weighted by Crippen LogP contribution is 2.40. The van der Waals surface area contributed by atoms with Crippen LogP contribution in [0, 0.1) is 17.8 Å². The van der Waals surface area contributed by atoms with Crippen LogP contribution in [0.1, 0.15) is 100 Å². The molecule has 16 nitrogen and oxygen atoms in total. The first-order chi connectivity index (χ1) is 28.4. The number of esters is 1. The summed E-state index contributed by atoms with van der Waals surface area (Å²) in [5.74, 6) is -3.16. The molecule has 0 spiro atoms. The second-order valence-electron chi connectivity index (χ2n) is 19.0. The fraction of sp³-hybridized carbons (Fsp3) is 0.822. The molecule has 0 unspecified atom stereocenters. The van der Waals surface area contributed by atoms with Crippen molar-refractivity contribution >= 4 is 12.0 Å². The summed E-state index contributed by atoms with van der Waals surface area (Å²) >= 11 is 0. The highest BCUT2D eigenvalue weighted by Gasteiger charge is 2.53. The van der Waals surface area contributed by atoms with Crippen molar-refractivity contribution in [1.29, 1.82) is 0 Å². The third-order valence-electron chi connectivity index (χ3n) is 13.5. The van der Waals surface area contributed by atoms with Gasteiger partial charge in [0.15, 0.2) is 12.6 Å². The van der Waals surface area contributed by atoms with Gasteiger partial charge in [-0.3, -0.25) is 4.79 Å². The van der Waals surface area contributed by atoms with E-state index in [0.717, 1.165) is 5.56 Å². The Bertz CT molecular complexity index is 1550. The van der Waals surface area contributed by atoms with Gasteiger partial charge in [0, 0.05) is 38.6 Å². The standard InChI is InChI=1S/C45H77N3O13/c1-14-33-45(10,55)37(50)29(6)48(42(53)46-23-31-18-16-15-17-19-31)24-25(2)21-43(8,54)39(61-41-35(49)32(47(11)12)20-26(3)57-41)27(4)36(28(5)40(52)59-33)60-34-22-44(9,56-13)38(51)30(7)58-34/h15-19,25-30,32-39,41,49-51,54-55H,14,20-24H2,1-13H3,(H,46,53)/t25-,26-,27+,28-,29-,30-,32-,33-,34-,35-,36+,37-,38-,39-,41+,43-,44+,45-/m1/s1. The van der Waals surface area contributed by atoms with Crippen LogP contribution in [-0.2, 0) is 39.8 Å². The normalized spacial score (nSPS) is 43.6. The fourth-order valence-corrected chi connectivity index (χ4v) is 9.65. The number of urea groups is 1. The van der Waals surface area contributed by atoms with Gasteiger partial charge in [0.1, 0.15) is 30.0 Å². The predicted octanol–water partition coefficient (Wildman–Crippen LogP) is 3.18. The molecular weight excluding hydrogens is 791 g/mol. The molecule has 0 aliphatic carbocycles. The number of hydrogen-bond donors (Lipinski definition) is 6. The average Bonchev–Trinajstić information content (AvgIpc) is 3.20. The molecule has 16 heteroatoms. The van der Waals surface area contributed by atoms with Crippen molar-refractivity contribution in [3.05, 3.63) is 35.9 Å². The number of aliphatic hydroxyl groups excluding tert-OH is 3. The van der Waals surface area contributed by atoms with Crippen LogP contribution in [0.2, 0.25) is 0 Å². The summed E-state index contributed by atoms with van der Waals surface area (Å²) in [7, 11) is 5.22. The lowest BCUT2D eigenvalue weighted by molar-refractivity contribution is -0.318. The van der Waals surface area contributed by atoms with Gasteiger partial charge in [-0.15, -0.1) is 0 Å². The number of amides is 2. The molecular formula is C45H77N3O13. The van der Waals surface area contributed by atoms with E-state index < -0.39 is 108 Å². The van der Waals surface area contributed by atoms with Gasteiger partial charge in [0.05, 0.1) is 47.6 Å². The van der Waals surface area contributed by atoms with E-state index >= 15 is 0 Å². The third kappa shape index (κ3) is 12.0. The van der Waals surface area contributed by atoms with E-state index in [2.05, 4.69) is 5.32 Å². The number of rotatable bonds is 9. The minimum atomic E-state index is -2.03. The fourth-order valence-electron chi connectivity index (χ4n) is 9.65. The van der Waals surface area contributed by atoms with Gasteiger partial charge in [0.25, 0.3) is 0 Å². The van der Waals surface area contributed by atoms with E-state index in [1.54, 1.807) is 48.5 Å². The van der Waals surface area contributed by atoms with E-state index in [1.165, 1.54) is 18.9 Å². The molecule has 1 aromatic carbocycles. The van der Waals surface area contributed by atoms with Crippen LogP contribution in [-0.4, -0.2) is 165 Å². The maximum absolute atomic E-state index is 14.5. The first-order valence-electron chi connectivity index (χ1n) is 22.0. The maximum atomic E-state index is 14.5. The number of methoxy groups -OCH3 is 1. The lowest BCUT2D eigenvalue weighted by atomic mass is 9.77. The quantitative estimate of drug-likeness (QED) is 0.197. The Hall–Kier alpha value is -2.48. The first kappa shape index (κ1) is 51.2. The first-order valence-corrected chi connectivity index (χ1v) is 22.0. The van der Waals surface area contributed by atoms with Crippen molar-refractivity contribution in [3.8, 4) is 0 Å². The number of likely N-dealkylation sites (N-methyl/N-ethyl adjacent to an activating group) is 1. The van der Waals surface area contributed by atoms with Crippen molar-refractivity contribution in [2.75, 3.05) is 27.7 Å². The molecule has 350 valence electrons. The van der Waals surface area contributed by atoms with E-state index in [1.807, 2.05) is 63.2 Å². The third-order valence-corrected chi connectivity index (χ3v) is 13.5. The summed E-state index contributed by atoms with van der Waals surface area (Å²) in [6.45, 7) is 17.2. The Kier molecular flexibility index (Phi) is 17.6. The molecule has 3 fully saturated rings. The maximum Gasteiger partial charge on any atom is 0.318 e. The zero-order valence-electron chi connectivity index (χ0n) is 38.7. The molecule has 0 bridgehead atoms. The second-order valence-corrected chi connectivity index (χ2v) is 19.0. The monoisotopic (exact) mass is 868 g/mol. The highest BCUT2D eigenvalue weighted by molar-refractivity contribution is 5.75. The Morgan fingerprint density at radius 2 is 1.59 bits per heavy atom. The van der Waals surface area contributed by atoms with Gasteiger partial charge in [0.2, 0.25) is 0 Å². The van der Waals surface area contributed by atoms with Crippen LogP contribution in [0.3, 0.4) is 0 Å². The van der Waals surface area contributed by atoms with E-state index in [0.29, 0.717) is 6.42 Å². The molecule has 0 aromatic heterocycles. The summed E-state index contributed by atoms with van der Waals surface area (Å²) < 4.78 is 37.8. The van der Waals surface area contributed by atoms with E-state index in [9.17, 15) is 35.1 Å². The average molecular weight is 868 g/mol.